The Morgan fingerprint density at radius 2 is 2.05 bits per heavy atom. The molecule has 2 amide bonds. The lowest BCUT2D eigenvalue weighted by Gasteiger charge is -2.21. The number of nitrogens with zero attached hydrogens (tertiary/aromatic N) is 1. The summed E-state index contributed by atoms with van der Waals surface area (Å²) in [7, 11) is 0. The second-order valence-corrected chi connectivity index (χ2v) is 4.84. The Kier molecular flexibility index (Phi) is 2.83. The zero-order valence-corrected chi connectivity index (χ0v) is 10.4. The van der Waals surface area contributed by atoms with Crippen molar-refractivity contribution in [1.82, 2.24) is 9.88 Å². The van der Waals surface area contributed by atoms with Gasteiger partial charge in [-0.3, -0.25) is 14.9 Å². The summed E-state index contributed by atoms with van der Waals surface area (Å²) in [6, 6.07) is 5.71. The van der Waals surface area contributed by atoms with Crippen molar-refractivity contribution in [3.05, 3.63) is 36.2 Å². The van der Waals surface area contributed by atoms with Crippen molar-refractivity contribution < 1.29 is 9.59 Å². The molecule has 5 heteroatoms. The normalized spacial score (nSPS) is 19.7. The molecule has 19 heavy (non-hydrogen) atoms. The van der Waals surface area contributed by atoms with Gasteiger partial charge in [0.05, 0.1) is 0 Å². The molecule has 1 unspecified atom stereocenters. The minimum absolute atomic E-state index is 0.191. The van der Waals surface area contributed by atoms with Crippen molar-refractivity contribution in [3.63, 3.8) is 0 Å². The van der Waals surface area contributed by atoms with Gasteiger partial charge in [0.1, 0.15) is 6.04 Å². The van der Waals surface area contributed by atoms with E-state index in [0.717, 1.165) is 16.3 Å². The maximum atomic E-state index is 11.8. The van der Waals surface area contributed by atoms with Crippen molar-refractivity contribution >= 4 is 22.6 Å². The topological polar surface area (TPSA) is 77.1 Å². The summed E-state index contributed by atoms with van der Waals surface area (Å²) in [6.45, 7) is 0.500. The van der Waals surface area contributed by atoms with Gasteiger partial charge in [-0.1, -0.05) is 12.1 Å². The fourth-order valence-electron chi connectivity index (χ4n) is 2.49. The monoisotopic (exact) mass is 257 g/mol. The standard InChI is InChI=1S/C14H15N3O2/c15-6-9-1-2-10-7-17(8-11(10)5-9)12-3-4-13(18)16-14(12)19/h1-2,5,7-8,12H,3-4,6,15H2,(H,16,18,19). The van der Waals surface area contributed by atoms with Crippen molar-refractivity contribution in [2.45, 2.75) is 25.4 Å². The highest BCUT2D eigenvalue weighted by molar-refractivity contribution is 5.99. The molecule has 0 spiro atoms. The summed E-state index contributed by atoms with van der Waals surface area (Å²) < 4.78 is 1.88. The Bertz CT molecular complexity index is 660. The van der Waals surface area contributed by atoms with Crippen molar-refractivity contribution in [2.24, 2.45) is 5.73 Å². The molecule has 0 saturated carbocycles. The molecule has 3 rings (SSSR count). The molecule has 0 bridgehead atoms. The first-order valence-electron chi connectivity index (χ1n) is 6.31. The van der Waals surface area contributed by atoms with E-state index in [1.807, 2.05) is 35.2 Å². The lowest BCUT2D eigenvalue weighted by Crippen LogP contribution is -2.41. The first kappa shape index (κ1) is 11.9. The third-order valence-electron chi connectivity index (χ3n) is 3.53. The summed E-state index contributed by atoms with van der Waals surface area (Å²) in [5, 5.41) is 4.51. The number of piperidine rings is 1. The second-order valence-electron chi connectivity index (χ2n) is 4.84. The number of hydrogen-bond acceptors (Lipinski definition) is 3. The molecule has 1 fully saturated rings. The van der Waals surface area contributed by atoms with Gasteiger partial charge >= 0.3 is 0 Å². The predicted octanol–water partition coefficient (Wildman–Crippen LogP) is 1.08. The van der Waals surface area contributed by atoms with Crippen LogP contribution < -0.4 is 11.1 Å². The maximum Gasteiger partial charge on any atom is 0.249 e. The van der Waals surface area contributed by atoms with Gasteiger partial charge in [0.15, 0.2) is 0 Å². The molecule has 0 aliphatic carbocycles. The molecule has 1 aromatic heterocycles. The van der Waals surface area contributed by atoms with E-state index in [1.165, 1.54) is 0 Å². The quantitative estimate of drug-likeness (QED) is 0.790. The smallest absolute Gasteiger partial charge is 0.249 e. The fourth-order valence-corrected chi connectivity index (χ4v) is 2.49. The molecule has 2 heterocycles. The van der Waals surface area contributed by atoms with Gasteiger partial charge in [-0.25, -0.2) is 0 Å². The first-order chi connectivity index (χ1) is 9.17. The summed E-state index contributed by atoms with van der Waals surface area (Å²) in [6.07, 6.45) is 4.82. The van der Waals surface area contributed by atoms with E-state index in [2.05, 4.69) is 5.32 Å². The summed E-state index contributed by atoms with van der Waals surface area (Å²) in [4.78, 5) is 23.0. The highest BCUT2D eigenvalue weighted by Gasteiger charge is 2.27. The van der Waals surface area contributed by atoms with Gasteiger partial charge in [0.25, 0.3) is 0 Å². The van der Waals surface area contributed by atoms with Crippen LogP contribution in [0.1, 0.15) is 24.4 Å². The average molecular weight is 257 g/mol. The summed E-state index contributed by atoms with van der Waals surface area (Å²) in [5.74, 6) is -0.418. The SMILES string of the molecule is NCc1ccc2cn(C3CCC(=O)NC3=O)cc2c1. The van der Waals surface area contributed by atoms with Crippen molar-refractivity contribution in [2.75, 3.05) is 0 Å². The number of carbonyl (C=O) groups is 2. The van der Waals surface area contributed by atoms with E-state index in [9.17, 15) is 9.59 Å². The van der Waals surface area contributed by atoms with Crippen LogP contribution in [0.15, 0.2) is 30.6 Å². The lowest BCUT2D eigenvalue weighted by molar-refractivity contribution is -0.135. The van der Waals surface area contributed by atoms with Crippen LogP contribution >= 0.6 is 0 Å². The van der Waals surface area contributed by atoms with Crippen LogP contribution in [-0.4, -0.2) is 16.4 Å². The van der Waals surface area contributed by atoms with Gasteiger partial charge in [-0.15, -0.1) is 0 Å². The van der Waals surface area contributed by atoms with Crippen LogP contribution in [0.4, 0.5) is 0 Å². The fraction of sp³-hybridized carbons (Fsp3) is 0.286. The average Bonchev–Trinajstić information content (AvgIpc) is 2.80. The zero-order valence-electron chi connectivity index (χ0n) is 10.4. The van der Waals surface area contributed by atoms with Gasteiger partial charge in [-0.05, 0) is 28.8 Å². The maximum absolute atomic E-state index is 11.8. The Morgan fingerprint density at radius 1 is 1.26 bits per heavy atom. The van der Waals surface area contributed by atoms with Crippen LogP contribution in [0, 0.1) is 0 Å². The third kappa shape index (κ3) is 2.13. The minimum atomic E-state index is -0.300. The highest BCUT2D eigenvalue weighted by atomic mass is 16.2. The number of carbonyl (C=O) groups excluding carboxylic acids is 2. The van der Waals surface area contributed by atoms with E-state index in [0.29, 0.717) is 19.4 Å². The molecule has 5 nitrogen and oxygen atoms in total. The number of imide groups is 1. The molecule has 0 radical (unpaired) electrons. The van der Waals surface area contributed by atoms with Crippen LogP contribution in [0.2, 0.25) is 0 Å². The van der Waals surface area contributed by atoms with Crippen LogP contribution in [0.5, 0.6) is 0 Å². The number of nitrogens with two attached hydrogens (primary N) is 1. The molecule has 3 N–H and O–H groups in total. The molecule has 1 aliphatic rings. The molecule has 1 atom stereocenters. The van der Waals surface area contributed by atoms with Crippen LogP contribution in [0.25, 0.3) is 10.8 Å². The molecule has 1 saturated heterocycles. The Balaban J connectivity index is 1.97. The molecular formula is C14H15N3O2. The van der Waals surface area contributed by atoms with Gasteiger partial charge in [0.2, 0.25) is 11.8 Å². The second kappa shape index (κ2) is 4.51. The van der Waals surface area contributed by atoms with Crippen LogP contribution in [0.3, 0.4) is 0 Å². The molecular weight excluding hydrogens is 242 g/mol. The number of hydrogen-bond donors (Lipinski definition) is 2. The van der Waals surface area contributed by atoms with E-state index >= 15 is 0 Å². The number of amides is 2. The molecule has 98 valence electrons. The van der Waals surface area contributed by atoms with E-state index in [1.54, 1.807) is 0 Å². The number of fused-ring (bicyclic) bond motifs is 1. The molecule has 2 aromatic rings. The number of nitrogens with one attached hydrogen (secondary N) is 1. The molecule has 1 aromatic carbocycles. The van der Waals surface area contributed by atoms with E-state index < -0.39 is 0 Å². The molecule has 1 aliphatic heterocycles. The number of aromatic nitrogens is 1. The largest absolute Gasteiger partial charge is 0.341 e. The minimum Gasteiger partial charge on any atom is -0.341 e. The Hall–Kier alpha value is -2.14. The van der Waals surface area contributed by atoms with Crippen molar-refractivity contribution in [1.29, 1.82) is 0 Å². The lowest BCUT2D eigenvalue weighted by atomic mass is 10.1. The van der Waals surface area contributed by atoms with Crippen molar-refractivity contribution in [3.8, 4) is 0 Å². The highest BCUT2D eigenvalue weighted by Crippen LogP contribution is 2.24. The van der Waals surface area contributed by atoms with Gasteiger partial charge < -0.3 is 10.3 Å². The zero-order chi connectivity index (χ0) is 13.4. The van der Waals surface area contributed by atoms with Gasteiger partial charge in [-0.2, -0.15) is 0 Å². The van der Waals surface area contributed by atoms with E-state index in [4.69, 9.17) is 5.73 Å². The third-order valence-corrected chi connectivity index (χ3v) is 3.53. The van der Waals surface area contributed by atoms with Crippen LogP contribution in [-0.2, 0) is 16.1 Å². The Labute approximate surface area is 110 Å². The Morgan fingerprint density at radius 3 is 2.79 bits per heavy atom. The summed E-state index contributed by atoms with van der Waals surface area (Å²) >= 11 is 0. The van der Waals surface area contributed by atoms with Gasteiger partial charge in [0, 0.05) is 25.4 Å². The predicted molar refractivity (Wildman–Crippen MR) is 71.3 cm³/mol. The first-order valence-corrected chi connectivity index (χ1v) is 6.31. The summed E-state index contributed by atoms with van der Waals surface area (Å²) in [5.41, 5.74) is 6.68. The number of rotatable bonds is 2. The van der Waals surface area contributed by atoms with E-state index in [-0.39, 0.29) is 17.9 Å². The number of benzene rings is 1.